The number of Topliss-reactive ketones (excluding diaryl/α,β-unsaturated/α-hetero) is 1. The highest BCUT2D eigenvalue weighted by Crippen LogP contribution is 2.08. The van der Waals surface area contributed by atoms with E-state index in [4.69, 9.17) is 0 Å². The highest BCUT2D eigenvalue weighted by atomic mass is 16.1. The van der Waals surface area contributed by atoms with Crippen LogP contribution < -0.4 is 0 Å². The summed E-state index contributed by atoms with van der Waals surface area (Å²) in [7, 11) is 4.07. The van der Waals surface area contributed by atoms with Gasteiger partial charge < -0.3 is 9.13 Å². The molecule has 0 atom stereocenters. The first kappa shape index (κ1) is 19.7. The van der Waals surface area contributed by atoms with Crippen molar-refractivity contribution in [2.75, 3.05) is 45.8 Å². The number of aromatic nitrogens is 4. The third-order valence-corrected chi connectivity index (χ3v) is 5.22. The molecule has 3 rings (SSSR count). The molecule has 0 radical (unpaired) electrons. The molecule has 8 nitrogen and oxygen atoms in total. The molecule has 1 fully saturated rings. The highest BCUT2D eigenvalue weighted by molar-refractivity contribution is 5.77. The molecule has 2 aromatic rings. The number of imidazole rings is 2. The zero-order valence-corrected chi connectivity index (χ0v) is 16.7. The van der Waals surface area contributed by atoms with Crippen molar-refractivity contribution >= 4 is 5.78 Å². The Morgan fingerprint density at radius 3 is 1.56 bits per heavy atom. The summed E-state index contributed by atoms with van der Waals surface area (Å²) >= 11 is 0. The molecule has 0 bridgehead atoms. The van der Waals surface area contributed by atoms with E-state index in [1.54, 1.807) is 6.92 Å². The third-order valence-electron chi connectivity index (χ3n) is 5.22. The molecule has 1 aliphatic heterocycles. The number of nitrogens with zero attached hydrogens (tertiary/aromatic N) is 7. The van der Waals surface area contributed by atoms with Gasteiger partial charge in [-0.25, -0.2) is 9.97 Å². The second kappa shape index (κ2) is 9.25. The molecule has 1 saturated heterocycles. The van der Waals surface area contributed by atoms with E-state index in [1.165, 1.54) is 0 Å². The van der Waals surface area contributed by atoms with Gasteiger partial charge in [-0.2, -0.15) is 0 Å². The lowest BCUT2D eigenvalue weighted by Crippen LogP contribution is -2.38. The Morgan fingerprint density at radius 2 is 1.22 bits per heavy atom. The molecular weight excluding hydrogens is 342 g/mol. The predicted molar refractivity (Wildman–Crippen MR) is 104 cm³/mol. The van der Waals surface area contributed by atoms with Crippen molar-refractivity contribution < 1.29 is 4.79 Å². The second-order valence-corrected chi connectivity index (χ2v) is 7.44. The molecule has 27 heavy (non-hydrogen) atoms. The fraction of sp³-hybridized carbons (Fsp3) is 0.632. The van der Waals surface area contributed by atoms with Crippen LogP contribution in [-0.2, 0) is 32.0 Å². The van der Waals surface area contributed by atoms with Crippen LogP contribution in [0.2, 0.25) is 0 Å². The Kier molecular flexibility index (Phi) is 6.76. The minimum absolute atomic E-state index is 0.223. The van der Waals surface area contributed by atoms with Gasteiger partial charge in [0.2, 0.25) is 0 Å². The highest BCUT2D eigenvalue weighted by Gasteiger charge is 2.19. The summed E-state index contributed by atoms with van der Waals surface area (Å²) in [5.41, 5.74) is 0. The van der Waals surface area contributed by atoms with Crippen molar-refractivity contribution in [3.8, 4) is 0 Å². The van der Waals surface area contributed by atoms with Crippen LogP contribution in [0.3, 0.4) is 0 Å². The summed E-state index contributed by atoms with van der Waals surface area (Å²) in [5, 5.41) is 0. The van der Waals surface area contributed by atoms with Gasteiger partial charge in [-0.15, -0.1) is 0 Å². The van der Waals surface area contributed by atoms with Gasteiger partial charge in [-0.3, -0.25) is 19.5 Å². The fourth-order valence-corrected chi connectivity index (χ4v) is 3.47. The zero-order chi connectivity index (χ0) is 19.2. The van der Waals surface area contributed by atoms with Crippen LogP contribution >= 0.6 is 0 Å². The molecular formula is C19H31N7O. The fourth-order valence-electron chi connectivity index (χ4n) is 3.47. The van der Waals surface area contributed by atoms with Crippen LogP contribution in [0.1, 0.15) is 18.6 Å². The number of aryl methyl sites for hydroxylation is 2. The van der Waals surface area contributed by atoms with Gasteiger partial charge >= 0.3 is 0 Å². The summed E-state index contributed by atoms with van der Waals surface area (Å²) in [6.07, 6.45) is 7.67. The third kappa shape index (κ3) is 5.72. The molecule has 148 valence electrons. The van der Waals surface area contributed by atoms with E-state index in [1.807, 2.05) is 38.9 Å². The van der Waals surface area contributed by atoms with Gasteiger partial charge in [0.05, 0.1) is 19.6 Å². The predicted octanol–water partition coefficient (Wildman–Crippen LogP) is 0.362. The molecule has 8 heteroatoms. The van der Waals surface area contributed by atoms with Crippen molar-refractivity contribution in [1.82, 2.24) is 33.8 Å². The summed E-state index contributed by atoms with van der Waals surface area (Å²) in [6, 6.07) is 0. The number of carbonyl (C=O) groups excluding carboxylic acids is 1. The standard InChI is InChI=1S/C19H31N7O/c1-17(27)14-24-8-10-25(15-18-20-4-6-22(18)2)12-13-26(11-9-24)16-19-21-5-7-23(19)3/h4-7H,8-16H2,1-3H3. The van der Waals surface area contributed by atoms with E-state index < -0.39 is 0 Å². The number of rotatable bonds is 6. The number of ketones is 1. The summed E-state index contributed by atoms with van der Waals surface area (Å²) < 4.78 is 4.15. The van der Waals surface area contributed by atoms with Crippen molar-refractivity contribution in [2.24, 2.45) is 14.1 Å². The van der Waals surface area contributed by atoms with Crippen molar-refractivity contribution in [3.63, 3.8) is 0 Å². The van der Waals surface area contributed by atoms with Crippen LogP contribution in [0.4, 0.5) is 0 Å². The normalized spacial score (nSPS) is 18.2. The van der Waals surface area contributed by atoms with E-state index in [9.17, 15) is 4.79 Å². The van der Waals surface area contributed by atoms with Crippen LogP contribution in [0.5, 0.6) is 0 Å². The quantitative estimate of drug-likeness (QED) is 0.729. The largest absolute Gasteiger partial charge is 0.337 e. The summed E-state index contributed by atoms with van der Waals surface area (Å²) in [4.78, 5) is 27.8. The lowest BCUT2D eigenvalue weighted by atomic mass is 10.3. The van der Waals surface area contributed by atoms with E-state index in [0.717, 1.165) is 64.0 Å². The number of carbonyl (C=O) groups is 1. The van der Waals surface area contributed by atoms with Crippen LogP contribution in [0.25, 0.3) is 0 Å². The molecule has 0 saturated carbocycles. The minimum atomic E-state index is 0.223. The minimum Gasteiger partial charge on any atom is -0.337 e. The average Bonchev–Trinajstić information content (AvgIpc) is 3.22. The first-order valence-corrected chi connectivity index (χ1v) is 9.60. The lowest BCUT2D eigenvalue weighted by molar-refractivity contribution is -0.118. The van der Waals surface area contributed by atoms with E-state index in [2.05, 4.69) is 33.8 Å². The van der Waals surface area contributed by atoms with Crippen molar-refractivity contribution in [2.45, 2.75) is 20.0 Å². The van der Waals surface area contributed by atoms with Crippen LogP contribution in [0.15, 0.2) is 24.8 Å². The Balaban J connectivity index is 1.69. The maximum absolute atomic E-state index is 11.7. The molecule has 0 N–H and O–H groups in total. The van der Waals surface area contributed by atoms with Gasteiger partial charge in [-0.1, -0.05) is 0 Å². The summed E-state index contributed by atoms with van der Waals surface area (Å²) in [6.45, 7) is 9.49. The van der Waals surface area contributed by atoms with Crippen molar-refractivity contribution in [3.05, 3.63) is 36.4 Å². The van der Waals surface area contributed by atoms with Gasteiger partial charge in [-0.05, 0) is 6.92 Å². The average molecular weight is 374 g/mol. The molecule has 0 aromatic carbocycles. The Morgan fingerprint density at radius 1 is 0.815 bits per heavy atom. The number of hydrogen-bond acceptors (Lipinski definition) is 6. The molecule has 1 aliphatic rings. The number of hydrogen-bond donors (Lipinski definition) is 0. The Labute approximate surface area is 161 Å². The Bertz CT molecular complexity index is 684. The molecule has 0 aliphatic carbocycles. The van der Waals surface area contributed by atoms with Crippen LogP contribution in [-0.4, -0.2) is 85.4 Å². The van der Waals surface area contributed by atoms with E-state index in [0.29, 0.717) is 6.54 Å². The second-order valence-electron chi connectivity index (χ2n) is 7.44. The van der Waals surface area contributed by atoms with Gasteiger partial charge in [0.25, 0.3) is 0 Å². The first-order valence-electron chi connectivity index (χ1n) is 9.60. The van der Waals surface area contributed by atoms with Gasteiger partial charge in [0, 0.05) is 78.2 Å². The smallest absolute Gasteiger partial charge is 0.143 e. The summed E-state index contributed by atoms with van der Waals surface area (Å²) in [5.74, 6) is 2.37. The van der Waals surface area contributed by atoms with E-state index in [-0.39, 0.29) is 5.78 Å². The molecule has 0 unspecified atom stereocenters. The zero-order valence-electron chi connectivity index (χ0n) is 16.7. The SMILES string of the molecule is CC(=O)CN1CCN(Cc2nccn2C)CCN(Cc2nccn2C)CC1. The van der Waals surface area contributed by atoms with Gasteiger partial charge in [0.15, 0.2) is 0 Å². The first-order chi connectivity index (χ1) is 13.0. The monoisotopic (exact) mass is 373 g/mol. The van der Waals surface area contributed by atoms with Crippen LogP contribution in [0, 0.1) is 0 Å². The maximum atomic E-state index is 11.7. The molecule has 0 amide bonds. The lowest BCUT2D eigenvalue weighted by Gasteiger charge is -2.25. The Hall–Kier alpha value is -2.03. The molecule has 3 heterocycles. The molecule has 2 aromatic heterocycles. The maximum Gasteiger partial charge on any atom is 0.143 e. The van der Waals surface area contributed by atoms with E-state index >= 15 is 0 Å². The topological polar surface area (TPSA) is 62.4 Å². The van der Waals surface area contributed by atoms with Crippen molar-refractivity contribution in [1.29, 1.82) is 0 Å². The molecule has 0 spiro atoms. The van der Waals surface area contributed by atoms with Gasteiger partial charge in [0.1, 0.15) is 17.4 Å².